The molecule has 0 bridgehead atoms. The van der Waals surface area contributed by atoms with E-state index in [2.05, 4.69) is 56.2 Å². The summed E-state index contributed by atoms with van der Waals surface area (Å²) >= 11 is 1.75. The largest absolute Gasteiger partial charge is 0.496 e. The zero-order chi connectivity index (χ0) is 18.9. The van der Waals surface area contributed by atoms with Crippen LogP contribution in [0.15, 0.2) is 46.8 Å². The molecule has 1 unspecified atom stereocenters. The van der Waals surface area contributed by atoms with Crippen LogP contribution in [0.4, 0.5) is 0 Å². The molecule has 0 saturated carbocycles. The molecule has 0 spiro atoms. The van der Waals surface area contributed by atoms with Crippen molar-refractivity contribution in [2.75, 3.05) is 33.8 Å². The first-order valence-electron chi connectivity index (χ1n) is 9.65. The van der Waals surface area contributed by atoms with Crippen molar-refractivity contribution in [2.45, 2.75) is 31.8 Å². The van der Waals surface area contributed by atoms with Crippen LogP contribution >= 0.6 is 11.3 Å². The lowest BCUT2D eigenvalue weighted by Gasteiger charge is -2.35. The number of thiophene rings is 1. The van der Waals surface area contributed by atoms with Gasteiger partial charge in [-0.05, 0) is 43.4 Å². The first kappa shape index (κ1) is 19.7. The molecule has 1 aromatic carbocycles. The molecule has 0 radical (unpaired) electrons. The summed E-state index contributed by atoms with van der Waals surface area (Å²) in [6.07, 6.45) is 3.85. The number of ether oxygens (including phenoxy) is 1. The number of guanidine groups is 1. The summed E-state index contributed by atoms with van der Waals surface area (Å²) in [6, 6.07) is 12.8. The maximum Gasteiger partial charge on any atom is 0.191 e. The fraction of sp³-hybridized carbons (Fsp3) is 0.476. The Hall–Kier alpha value is -2.05. The van der Waals surface area contributed by atoms with E-state index in [0.29, 0.717) is 0 Å². The number of para-hydroxylation sites is 1. The summed E-state index contributed by atoms with van der Waals surface area (Å²) < 4.78 is 5.65. The second kappa shape index (κ2) is 10.3. The first-order valence-corrected chi connectivity index (χ1v) is 10.5. The molecule has 1 fully saturated rings. The van der Waals surface area contributed by atoms with Crippen LogP contribution in [0, 0.1) is 0 Å². The smallest absolute Gasteiger partial charge is 0.191 e. The van der Waals surface area contributed by atoms with Gasteiger partial charge in [0.05, 0.1) is 19.7 Å². The molecule has 0 aliphatic carbocycles. The van der Waals surface area contributed by atoms with Crippen molar-refractivity contribution in [3.8, 4) is 5.75 Å². The van der Waals surface area contributed by atoms with Gasteiger partial charge < -0.3 is 15.4 Å². The van der Waals surface area contributed by atoms with Gasteiger partial charge in [0.2, 0.25) is 0 Å². The van der Waals surface area contributed by atoms with E-state index in [1.165, 1.54) is 29.7 Å². The van der Waals surface area contributed by atoms with Gasteiger partial charge in [-0.1, -0.05) is 30.7 Å². The number of piperidine rings is 1. The number of methoxy groups -OCH3 is 1. The summed E-state index contributed by atoms with van der Waals surface area (Å²) in [6.45, 7) is 3.85. The number of rotatable bonds is 7. The monoisotopic (exact) mass is 386 g/mol. The van der Waals surface area contributed by atoms with Crippen molar-refractivity contribution >= 4 is 17.3 Å². The highest BCUT2D eigenvalue weighted by Crippen LogP contribution is 2.30. The number of nitrogens with zero attached hydrogens (tertiary/aromatic N) is 2. The third-order valence-corrected chi connectivity index (χ3v) is 5.90. The number of hydrogen-bond acceptors (Lipinski definition) is 4. The van der Waals surface area contributed by atoms with Crippen LogP contribution in [0.25, 0.3) is 0 Å². The van der Waals surface area contributed by atoms with Gasteiger partial charge in [0.1, 0.15) is 5.75 Å². The molecule has 6 heteroatoms. The van der Waals surface area contributed by atoms with Crippen LogP contribution in [-0.2, 0) is 6.54 Å². The molecule has 2 heterocycles. The third-order valence-electron chi connectivity index (χ3n) is 5.03. The van der Waals surface area contributed by atoms with E-state index in [1.54, 1.807) is 18.4 Å². The number of benzene rings is 1. The number of likely N-dealkylation sites (tertiary alicyclic amines) is 1. The molecule has 2 aromatic rings. The summed E-state index contributed by atoms with van der Waals surface area (Å²) in [5, 5.41) is 9.03. The van der Waals surface area contributed by atoms with Crippen LogP contribution in [0.5, 0.6) is 5.75 Å². The topological polar surface area (TPSA) is 48.9 Å². The van der Waals surface area contributed by atoms with Crippen LogP contribution < -0.4 is 15.4 Å². The number of aliphatic imine (C=N–C) groups is 1. The standard InChI is InChI=1S/C21H30N4OS/c1-22-21(23-15-17-9-8-14-27-17)24-16-19(25-12-6-3-7-13-25)18-10-4-5-11-20(18)26-2/h4-5,8-11,14,19H,3,6-7,12-13,15-16H2,1-2H3,(H2,22,23,24). The Kier molecular flexibility index (Phi) is 7.54. The van der Waals surface area contributed by atoms with E-state index in [0.717, 1.165) is 37.9 Å². The summed E-state index contributed by atoms with van der Waals surface area (Å²) in [4.78, 5) is 8.26. The van der Waals surface area contributed by atoms with Crippen LogP contribution in [-0.4, -0.2) is 44.7 Å². The van der Waals surface area contributed by atoms with Crippen LogP contribution in [0.1, 0.15) is 35.7 Å². The van der Waals surface area contributed by atoms with Crippen molar-refractivity contribution in [2.24, 2.45) is 4.99 Å². The van der Waals surface area contributed by atoms with E-state index in [4.69, 9.17) is 4.74 Å². The number of nitrogens with one attached hydrogen (secondary N) is 2. The Balaban J connectivity index is 1.68. The normalized spacial score (nSPS) is 16.7. The van der Waals surface area contributed by atoms with Gasteiger partial charge in [0.15, 0.2) is 5.96 Å². The lowest BCUT2D eigenvalue weighted by Crippen LogP contribution is -2.44. The van der Waals surface area contributed by atoms with Gasteiger partial charge in [-0.15, -0.1) is 11.3 Å². The predicted octanol–water partition coefficient (Wildman–Crippen LogP) is 3.65. The van der Waals surface area contributed by atoms with Crippen LogP contribution in [0.2, 0.25) is 0 Å². The maximum atomic E-state index is 5.65. The zero-order valence-electron chi connectivity index (χ0n) is 16.3. The van der Waals surface area contributed by atoms with Gasteiger partial charge in [-0.2, -0.15) is 0 Å². The Labute approximate surface area is 166 Å². The predicted molar refractivity (Wildman–Crippen MR) is 114 cm³/mol. The Bertz CT molecular complexity index is 711. The minimum absolute atomic E-state index is 0.265. The van der Waals surface area contributed by atoms with Gasteiger partial charge in [0.25, 0.3) is 0 Å². The Morgan fingerprint density at radius 2 is 1.96 bits per heavy atom. The number of hydrogen-bond donors (Lipinski definition) is 2. The van der Waals surface area contributed by atoms with E-state index >= 15 is 0 Å². The molecule has 1 aliphatic heterocycles. The SMILES string of the molecule is CN=C(NCc1cccs1)NCC(c1ccccc1OC)N1CCCCC1. The molecular formula is C21H30N4OS. The molecule has 0 amide bonds. The molecule has 27 heavy (non-hydrogen) atoms. The summed E-state index contributed by atoms with van der Waals surface area (Å²) in [5.41, 5.74) is 1.24. The van der Waals surface area contributed by atoms with Gasteiger partial charge >= 0.3 is 0 Å². The molecule has 2 N–H and O–H groups in total. The fourth-order valence-electron chi connectivity index (χ4n) is 3.61. The van der Waals surface area contributed by atoms with Gasteiger partial charge in [-0.3, -0.25) is 9.89 Å². The van der Waals surface area contributed by atoms with Crippen molar-refractivity contribution in [3.63, 3.8) is 0 Å². The molecule has 3 rings (SSSR count). The first-order chi connectivity index (χ1) is 13.3. The average Bonchev–Trinajstić information content (AvgIpc) is 3.25. The molecule has 1 aromatic heterocycles. The van der Waals surface area contributed by atoms with Gasteiger partial charge in [0, 0.05) is 24.0 Å². The fourth-order valence-corrected chi connectivity index (χ4v) is 4.25. The van der Waals surface area contributed by atoms with E-state index in [1.807, 2.05) is 13.1 Å². The summed E-state index contributed by atoms with van der Waals surface area (Å²) in [7, 11) is 3.57. The van der Waals surface area contributed by atoms with E-state index in [-0.39, 0.29) is 6.04 Å². The van der Waals surface area contributed by atoms with Crippen molar-refractivity contribution in [3.05, 3.63) is 52.2 Å². The quantitative estimate of drug-likeness (QED) is 0.563. The summed E-state index contributed by atoms with van der Waals surface area (Å²) in [5.74, 6) is 1.79. The van der Waals surface area contributed by atoms with Gasteiger partial charge in [-0.25, -0.2) is 0 Å². The molecule has 146 valence electrons. The average molecular weight is 387 g/mol. The highest BCUT2D eigenvalue weighted by molar-refractivity contribution is 7.09. The lowest BCUT2D eigenvalue weighted by atomic mass is 10.0. The van der Waals surface area contributed by atoms with E-state index < -0.39 is 0 Å². The van der Waals surface area contributed by atoms with Crippen molar-refractivity contribution < 1.29 is 4.74 Å². The van der Waals surface area contributed by atoms with E-state index in [9.17, 15) is 0 Å². The second-order valence-electron chi connectivity index (χ2n) is 6.74. The zero-order valence-corrected chi connectivity index (χ0v) is 17.1. The van der Waals surface area contributed by atoms with Crippen molar-refractivity contribution in [1.29, 1.82) is 0 Å². The molecule has 5 nitrogen and oxygen atoms in total. The Morgan fingerprint density at radius 3 is 2.67 bits per heavy atom. The highest BCUT2D eigenvalue weighted by atomic mass is 32.1. The maximum absolute atomic E-state index is 5.65. The Morgan fingerprint density at radius 1 is 1.15 bits per heavy atom. The lowest BCUT2D eigenvalue weighted by molar-refractivity contribution is 0.161. The molecule has 1 saturated heterocycles. The minimum atomic E-state index is 0.265. The third kappa shape index (κ3) is 5.47. The molecule has 1 aliphatic rings. The second-order valence-corrected chi connectivity index (χ2v) is 7.77. The van der Waals surface area contributed by atoms with Crippen molar-refractivity contribution in [1.82, 2.24) is 15.5 Å². The minimum Gasteiger partial charge on any atom is -0.496 e. The highest BCUT2D eigenvalue weighted by Gasteiger charge is 2.25. The van der Waals surface area contributed by atoms with Crippen LogP contribution in [0.3, 0.4) is 0 Å². The molecule has 1 atom stereocenters. The molecular weight excluding hydrogens is 356 g/mol.